The topological polar surface area (TPSA) is 38.3 Å². The number of anilines is 1. The molecule has 2 aromatic carbocycles. The predicted octanol–water partition coefficient (Wildman–Crippen LogP) is 3.85. The summed E-state index contributed by atoms with van der Waals surface area (Å²) < 4.78 is 18.5. The summed E-state index contributed by atoms with van der Waals surface area (Å²) in [6, 6.07) is 13.6. The van der Waals surface area contributed by atoms with Gasteiger partial charge in [0.2, 0.25) is 0 Å². The Hall–Kier alpha value is -2.07. The first kappa shape index (κ1) is 15.3. The van der Waals surface area contributed by atoms with E-state index in [0.717, 1.165) is 5.56 Å². The molecule has 1 atom stereocenters. The van der Waals surface area contributed by atoms with Crippen LogP contribution >= 0.6 is 11.6 Å². The van der Waals surface area contributed by atoms with E-state index in [1.807, 2.05) is 30.3 Å². The minimum atomic E-state index is -0.508. The summed E-state index contributed by atoms with van der Waals surface area (Å²) in [6.45, 7) is 0.231. The molecule has 21 heavy (non-hydrogen) atoms. The van der Waals surface area contributed by atoms with Crippen LogP contribution in [0.5, 0.6) is 0 Å². The number of benzene rings is 2. The van der Waals surface area contributed by atoms with Gasteiger partial charge >= 0.3 is 5.97 Å². The van der Waals surface area contributed by atoms with Gasteiger partial charge in [0.25, 0.3) is 0 Å². The Morgan fingerprint density at radius 3 is 2.62 bits per heavy atom. The monoisotopic (exact) mass is 307 g/mol. The van der Waals surface area contributed by atoms with Gasteiger partial charge in [0.05, 0.1) is 18.7 Å². The Morgan fingerprint density at radius 1 is 1.29 bits per heavy atom. The lowest BCUT2D eigenvalue weighted by Gasteiger charge is -2.17. The minimum absolute atomic E-state index is 0.231. The zero-order valence-corrected chi connectivity index (χ0v) is 12.2. The molecule has 0 aliphatic heterocycles. The third-order valence-electron chi connectivity index (χ3n) is 3.12. The molecule has 0 saturated carbocycles. The zero-order valence-electron chi connectivity index (χ0n) is 11.5. The van der Waals surface area contributed by atoms with E-state index >= 15 is 0 Å². The normalized spacial score (nSPS) is 11.8. The molecule has 0 amide bonds. The lowest BCUT2D eigenvalue weighted by Crippen LogP contribution is -2.22. The molecule has 2 aromatic rings. The molecule has 0 bridgehead atoms. The van der Waals surface area contributed by atoms with Crippen LogP contribution < -0.4 is 5.32 Å². The molecule has 0 aliphatic rings. The van der Waals surface area contributed by atoms with Crippen LogP contribution in [0, 0.1) is 5.82 Å². The third-order valence-corrected chi connectivity index (χ3v) is 3.35. The van der Waals surface area contributed by atoms with Crippen molar-refractivity contribution in [2.45, 2.75) is 5.92 Å². The smallest absolute Gasteiger partial charge is 0.314 e. The summed E-state index contributed by atoms with van der Waals surface area (Å²) in [5.41, 5.74) is 1.11. The van der Waals surface area contributed by atoms with Crippen molar-refractivity contribution in [3.8, 4) is 0 Å². The molecule has 3 nitrogen and oxygen atoms in total. The summed E-state index contributed by atoms with van der Waals surface area (Å²) in [4.78, 5) is 11.9. The Morgan fingerprint density at radius 2 is 2.00 bits per heavy atom. The van der Waals surface area contributed by atoms with Gasteiger partial charge in [-0.3, -0.25) is 4.79 Å². The second-order valence-electron chi connectivity index (χ2n) is 4.49. The molecule has 1 N–H and O–H groups in total. The SMILES string of the molecule is COC(=O)C(CNc1ccc(Cl)cc1F)c1ccccc1. The van der Waals surface area contributed by atoms with Gasteiger partial charge in [0.15, 0.2) is 0 Å². The zero-order chi connectivity index (χ0) is 15.2. The van der Waals surface area contributed by atoms with Crippen LogP contribution in [0.15, 0.2) is 48.5 Å². The van der Waals surface area contributed by atoms with Gasteiger partial charge in [-0.15, -0.1) is 0 Å². The molecule has 0 spiro atoms. The van der Waals surface area contributed by atoms with Crippen molar-refractivity contribution in [2.75, 3.05) is 19.0 Å². The number of nitrogens with one attached hydrogen (secondary N) is 1. The first-order valence-corrected chi connectivity index (χ1v) is 6.81. The number of esters is 1. The summed E-state index contributed by atoms with van der Waals surface area (Å²) >= 11 is 5.71. The number of ether oxygens (including phenoxy) is 1. The Labute approximate surface area is 127 Å². The van der Waals surface area contributed by atoms with Crippen LogP contribution in [0.25, 0.3) is 0 Å². The molecular formula is C16H15ClFNO2. The van der Waals surface area contributed by atoms with Crippen LogP contribution in [0.1, 0.15) is 11.5 Å². The predicted molar refractivity (Wildman–Crippen MR) is 81.1 cm³/mol. The van der Waals surface area contributed by atoms with E-state index in [2.05, 4.69) is 5.32 Å². The molecule has 5 heteroatoms. The molecule has 0 fully saturated rings. The van der Waals surface area contributed by atoms with Crippen molar-refractivity contribution >= 4 is 23.3 Å². The highest BCUT2D eigenvalue weighted by Gasteiger charge is 2.21. The Balaban J connectivity index is 2.15. The average molecular weight is 308 g/mol. The summed E-state index contributed by atoms with van der Waals surface area (Å²) in [5.74, 6) is -1.34. The maximum atomic E-state index is 13.7. The quantitative estimate of drug-likeness (QED) is 0.853. The highest BCUT2D eigenvalue weighted by molar-refractivity contribution is 6.30. The van der Waals surface area contributed by atoms with Crippen molar-refractivity contribution < 1.29 is 13.9 Å². The summed E-state index contributed by atoms with van der Waals surface area (Å²) in [5, 5.41) is 3.24. The average Bonchev–Trinajstić information content (AvgIpc) is 2.50. The van der Waals surface area contributed by atoms with Crippen LogP contribution in [-0.4, -0.2) is 19.6 Å². The molecule has 0 aromatic heterocycles. The van der Waals surface area contributed by atoms with Crippen molar-refractivity contribution in [3.63, 3.8) is 0 Å². The highest BCUT2D eigenvalue weighted by Crippen LogP contribution is 2.22. The number of methoxy groups -OCH3 is 1. The van der Waals surface area contributed by atoms with Crippen LogP contribution in [0.3, 0.4) is 0 Å². The van der Waals surface area contributed by atoms with E-state index in [0.29, 0.717) is 10.7 Å². The van der Waals surface area contributed by atoms with E-state index < -0.39 is 11.7 Å². The van der Waals surface area contributed by atoms with E-state index in [1.54, 1.807) is 6.07 Å². The molecule has 0 aliphatic carbocycles. The number of halogens is 2. The fourth-order valence-electron chi connectivity index (χ4n) is 2.01. The fourth-order valence-corrected chi connectivity index (χ4v) is 2.17. The minimum Gasteiger partial charge on any atom is -0.468 e. The lowest BCUT2D eigenvalue weighted by molar-refractivity contribution is -0.142. The molecule has 0 heterocycles. The second-order valence-corrected chi connectivity index (χ2v) is 4.93. The molecule has 0 saturated heterocycles. The molecule has 110 valence electrons. The van der Waals surface area contributed by atoms with E-state index in [1.165, 1.54) is 19.2 Å². The molecule has 2 rings (SSSR count). The Kier molecular flexibility index (Phi) is 5.17. The fraction of sp³-hybridized carbons (Fsp3) is 0.188. The molecular weight excluding hydrogens is 293 g/mol. The lowest BCUT2D eigenvalue weighted by atomic mass is 9.99. The second kappa shape index (κ2) is 7.09. The number of carbonyl (C=O) groups is 1. The van der Waals surface area contributed by atoms with Crippen LogP contribution in [0.2, 0.25) is 5.02 Å². The van der Waals surface area contributed by atoms with Crippen LogP contribution in [0.4, 0.5) is 10.1 Å². The van der Waals surface area contributed by atoms with Crippen molar-refractivity contribution in [3.05, 3.63) is 64.9 Å². The van der Waals surface area contributed by atoms with Crippen molar-refractivity contribution in [1.29, 1.82) is 0 Å². The van der Waals surface area contributed by atoms with E-state index in [4.69, 9.17) is 16.3 Å². The van der Waals surface area contributed by atoms with Crippen molar-refractivity contribution in [1.82, 2.24) is 0 Å². The summed E-state index contributed by atoms with van der Waals surface area (Å²) in [7, 11) is 1.33. The standard InChI is InChI=1S/C16H15ClFNO2/c1-21-16(20)13(11-5-3-2-4-6-11)10-19-15-8-7-12(17)9-14(15)18/h2-9,13,19H,10H2,1H3. The first-order valence-electron chi connectivity index (χ1n) is 6.43. The van der Waals surface area contributed by atoms with Gasteiger partial charge in [0.1, 0.15) is 5.82 Å². The Bertz CT molecular complexity index is 619. The maximum absolute atomic E-state index is 13.7. The summed E-state index contributed by atoms with van der Waals surface area (Å²) in [6.07, 6.45) is 0. The van der Waals surface area contributed by atoms with Gasteiger partial charge in [-0.05, 0) is 23.8 Å². The number of hydrogen-bond donors (Lipinski definition) is 1. The molecule has 1 unspecified atom stereocenters. The van der Waals surface area contributed by atoms with E-state index in [-0.39, 0.29) is 12.5 Å². The maximum Gasteiger partial charge on any atom is 0.314 e. The van der Waals surface area contributed by atoms with Gasteiger partial charge in [-0.2, -0.15) is 0 Å². The number of hydrogen-bond acceptors (Lipinski definition) is 3. The van der Waals surface area contributed by atoms with Crippen LogP contribution in [-0.2, 0) is 9.53 Å². The van der Waals surface area contributed by atoms with Gasteiger partial charge in [0, 0.05) is 11.6 Å². The first-order chi connectivity index (χ1) is 10.1. The van der Waals surface area contributed by atoms with Gasteiger partial charge in [-0.1, -0.05) is 41.9 Å². The largest absolute Gasteiger partial charge is 0.468 e. The number of carbonyl (C=O) groups excluding carboxylic acids is 1. The third kappa shape index (κ3) is 3.95. The highest BCUT2D eigenvalue weighted by atomic mass is 35.5. The van der Waals surface area contributed by atoms with Gasteiger partial charge in [-0.25, -0.2) is 4.39 Å². The van der Waals surface area contributed by atoms with E-state index in [9.17, 15) is 9.18 Å². The van der Waals surface area contributed by atoms with Crippen molar-refractivity contribution in [2.24, 2.45) is 0 Å². The number of rotatable bonds is 5. The van der Waals surface area contributed by atoms with Gasteiger partial charge < -0.3 is 10.1 Å². The molecule has 0 radical (unpaired) electrons.